The van der Waals surface area contributed by atoms with E-state index in [4.69, 9.17) is 0 Å². The maximum Gasteiger partial charge on any atom is 0.229 e. The first kappa shape index (κ1) is 17.6. The van der Waals surface area contributed by atoms with Gasteiger partial charge >= 0.3 is 0 Å². The molecule has 0 radical (unpaired) electrons. The lowest BCUT2D eigenvalue weighted by molar-refractivity contribution is -0.115. The van der Waals surface area contributed by atoms with Gasteiger partial charge in [-0.2, -0.15) is 0 Å². The lowest BCUT2D eigenvalue weighted by atomic mass is 10.0. The predicted octanol–water partition coefficient (Wildman–Crippen LogP) is 3.76. The molecule has 3 aromatic rings. The monoisotopic (exact) mass is 383 g/mol. The van der Waals surface area contributed by atoms with Gasteiger partial charge in [0.2, 0.25) is 15.9 Å². The summed E-state index contributed by atoms with van der Waals surface area (Å²) in [6, 6.07) is 11.8. The Balaban J connectivity index is 1.87. The van der Waals surface area contributed by atoms with Crippen molar-refractivity contribution in [3.8, 4) is 11.1 Å². The topological polar surface area (TPSA) is 80.2 Å². The minimum Gasteiger partial charge on any atom is -0.344 e. The van der Waals surface area contributed by atoms with Crippen LogP contribution in [0.5, 0.6) is 0 Å². The molecule has 0 saturated heterocycles. The molecular weight excluding hydrogens is 362 g/mol. The summed E-state index contributed by atoms with van der Waals surface area (Å²) in [6.45, 7) is 4.18. The van der Waals surface area contributed by atoms with E-state index >= 15 is 0 Å². The van der Waals surface area contributed by atoms with Crippen molar-refractivity contribution in [3.05, 3.63) is 48.2 Å². The summed E-state index contributed by atoms with van der Waals surface area (Å²) in [5.41, 5.74) is 5.48. The number of benzene rings is 2. The number of fused-ring (bicyclic) bond motifs is 2. The van der Waals surface area contributed by atoms with Crippen LogP contribution in [0, 0.1) is 0 Å². The van der Waals surface area contributed by atoms with Crippen molar-refractivity contribution in [3.63, 3.8) is 0 Å². The summed E-state index contributed by atoms with van der Waals surface area (Å²) >= 11 is 0. The summed E-state index contributed by atoms with van der Waals surface area (Å²) < 4.78 is 27.8. The molecule has 7 heteroatoms. The molecule has 0 bridgehead atoms. The Morgan fingerprint density at radius 3 is 2.63 bits per heavy atom. The standard InChI is InChI=1S/C20H21N3O3S/c1-12(2)23-11-17(13-4-7-18-14(8-13)9-20(24)21-18)16-6-5-15(10-19(16)23)22-27(3,25)26/h4-8,10-12,22H,9H2,1-3H3,(H,21,24). The summed E-state index contributed by atoms with van der Waals surface area (Å²) in [6.07, 6.45) is 3.63. The van der Waals surface area contributed by atoms with Gasteiger partial charge in [0, 0.05) is 28.9 Å². The Bertz CT molecular complexity index is 1180. The molecule has 0 spiro atoms. The number of nitrogens with one attached hydrogen (secondary N) is 2. The van der Waals surface area contributed by atoms with E-state index in [1.54, 1.807) is 6.07 Å². The average Bonchev–Trinajstić information content (AvgIpc) is 3.11. The predicted molar refractivity (Wildman–Crippen MR) is 109 cm³/mol. The van der Waals surface area contributed by atoms with Gasteiger partial charge < -0.3 is 9.88 Å². The van der Waals surface area contributed by atoms with E-state index in [2.05, 4.69) is 40.7 Å². The number of nitrogens with zero attached hydrogens (tertiary/aromatic N) is 1. The van der Waals surface area contributed by atoms with Crippen LogP contribution in [0.2, 0.25) is 0 Å². The van der Waals surface area contributed by atoms with Crippen molar-refractivity contribution in [1.82, 2.24) is 4.57 Å². The van der Waals surface area contributed by atoms with Gasteiger partial charge in [0.25, 0.3) is 0 Å². The maximum atomic E-state index is 11.6. The third-order valence-electron chi connectivity index (χ3n) is 4.74. The van der Waals surface area contributed by atoms with Crippen molar-refractivity contribution in [2.75, 3.05) is 16.3 Å². The molecule has 2 N–H and O–H groups in total. The first-order valence-electron chi connectivity index (χ1n) is 8.77. The number of carbonyl (C=O) groups excluding carboxylic acids is 1. The second-order valence-corrected chi connectivity index (χ2v) is 9.00. The lowest BCUT2D eigenvalue weighted by Crippen LogP contribution is -2.09. The Morgan fingerprint density at radius 2 is 1.93 bits per heavy atom. The number of amides is 1. The van der Waals surface area contributed by atoms with Crippen LogP contribution in [0.4, 0.5) is 11.4 Å². The second kappa shape index (κ2) is 6.13. The number of hydrogen-bond acceptors (Lipinski definition) is 3. The molecule has 0 saturated carbocycles. The quantitative estimate of drug-likeness (QED) is 0.720. The molecule has 0 aliphatic carbocycles. The minimum atomic E-state index is -3.33. The first-order valence-corrected chi connectivity index (χ1v) is 10.7. The highest BCUT2D eigenvalue weighted by molar-refractivity contribution is 7.92. The fourth-order valence-electron chi connectivity index (χ4n) is 3.58. The molecule has 2 aromatic carbocycles. The molecule has 0 fully saturated rings. The van der Waals surface area contributed by atoms with Crippen molar-refractivity contribution in [2.24, 2.45) is 0 Å². The Hall–Kier alpha value is -2.80. The van der Waals surface area contributed by atoms with Crippen molar-refractivity contribution in [1.29, 1.82) is 0 Å². The Labute approximate surface area is 158 Å². The SMILES string of the molecule is CC(C)n1cc(-c2ccc3c(c2)CC(=O)N3)c2ccc(NS(C)(=O)=O)cc21. The summed E-state index contributed by atoms with van der Waals surface area (Å²) in [5.74, 6) is 0.0169. The third kappa shape index (κ3) is 3.30. The zero-order chi connectivity index (χ0) is 19.3. The van der Waals surface area contributed by atoms with Gasteiger partial charge in [-0.25, -0.2) is 8.42 Å². The summed E-state index contributed by atoms with van der Waals surface area (Å²) in [7, 11) is -3.33. The van der Waals surface area contributed by atoms with Crippen LogP contribution in [0.15, 0.2) is 42.6 Å². The van der Waals surface area contributed by atoms with E-state index in [1.807, 2.05) is 24.3 Å². The first-order chi connectivity index (χ1) is 12.7. The van der Waals surface area contributed by atoms with Crippen LogP contribution in [-0.4, -0.2) is 25.1 Å². The number of sulfonamides is 1. The van der Waals surface area contributed by atoms with Gasteiger partial charge in [0.05, 0.1) is 23.9 Å². The largest absolute Gasteiger partial charge is 0.344 e. The highest BCUT2D eigenvalue weighted by Gasteiger charge is 2.20. The van der Waals surface area contributed by atoms with Gasteiger partial charge in [-0.1, -0.05) is 12.1 Å². The van der Waals surface area contributed by atoms with E-state index in [0.717, 1.165) is 39.5 Å². The minimum absolute atomic E-state index is 0.0169. The van der Waals surface area contributed by atoms with Gasteiger partial charge in [-0.15, -0.1) is 0 Å². The summed E-state index contributed by atoms with van der Waals surface area (Å²) in [5, 5.41) is 3.90. The van der Waals surface area contributed by atoms with Crippen LogP contribution in [0.25, 0.3) is 22.0 Å². The van der Waals surface area contributed by atoms with Crippen LogP contribution < -0.4 is 10.0 Å². The van der Waals surface area contributed by atoms with E-state index in [0.29, 0.717) is 12.1 Å². The molecule has 0 unspecified atom stereocenters. The van der Waals surface area contributed by atoms with Crippen molar-refractivity contribution < 1.29 is 13.2 Å². The van der Waals surface area contributed by atoms with Crippen LogP contribution in [0.1, 0.15) is 25.5 Å². The zero-order valence-electron chi connectivity index (χ0n) is 15.4. The molecule has 2 heterocycles. The van der Waals surface area contributed by atoms with E-state index in [-0.39, 0.29) is 11.9 Å². The molecular formula is C20H21N3O3S. The number of anilines is 2. The molecule has 1 aromatic heterocycles. The van der Waals surface area contributed by atoms with E-state index in [9.17, 15) is 13.2 Å². The third-order valence-corrected chi connectivity index (χ3v) is 5.34. The van der Waals surface area contributed by atoms with E-state index < -0.39 is 10.0 Å². The second-order valence-electron chi connectivity index (χ2n) is 7.25. The Morgan fingerprint density at radius 1 is 1.15 bits per heavy atom. The normalized spacial score (nSPS) is 13.9. The van der Waals surface area contributed by atoms with Gasteiger partial charge in [0.15, 0.2) is 0 Å². The molecule has 4 rings (SSSR count). The Kier molecular flexibility index (Phi) is 3.99. The maximum absolute atomic E-state index is 11.6. The van der Waals surface area contributed by atoms with E-state index in [1.165, 1.54) is 0 Å². The van der Waals surface area contributed by atoms with Crippen LogP contribution >= 0.6 is 0 Å². The molecule has 1 aliphatic heterocycles. The van der Waals surface area contributed by atoms with Crippen LogP contribution in [-0.2, 0) is 21.2 Å². The molecule has 1 amide bonds. The van der Waals surface area contributed by atoms with Gasteiger partial charge in [0.1, 0.15) is 0 Å². The molecule has 0 atom stereocenters. The lowest BCUT2D eigenvalue weighted by Gasteiger charge is -2.10. The molecule has 1 aliphatic rings. The number of carbonyl (C=O) groups is 1. The smallest absolute Gasteiger partial charge is 0.229 e. The highest BCUT2D eigenvalue weighted by atomic mass is 32.2. The molecule has 6 nitrogen and oxygen atoms in total. The van der Waals surface area contributed by atoms with Crippen molar-refractivity contribution >= 4 is 38.2 Å². The molecule has 140 valence electrons. The van der Waals surface area contributed by atoms with Crippen LogP contribution in [0.3, 0.4) is 0 Å². The van der Waals surface area contributed by atoms with Crippen molar-refractivity contribution in [2.45, 2.75) is 26.3 Å². The summed E-state index contributed by atoms with van der Waals surface area (Å²) in [4.78, 5) is 11.6. The van der Waals surface area contributed by atoms with Gasteiger partial charge in [-0.3, -0.25) is 9.52 Å². The number of rotatable bonds is 4. The average molecular weight is 383 g/mol. The highest BCUT2D eigenvalue weighted by Crippen LogP contribution is 2.36. The van der Waals surface area contributed by atoms with Gasteiger partial charge in [-0.05, 0) is 49.2 Å². The zero-order valence-corrected chi connectivity index (χ0v) is 16.2. The fourth-order valence-corrected chi connectivity index (χ4v) is 4.14. The number of hydrogen-bond donors (Lipinski definition) is 2. The number of aromatic nitrogens is 1. The molecule has 27 heavy (non-hydrogen) atoms. The fraction of sp³-hybridized carbons (Fsp3) is 0.250.